The molecule has 3 aromatic carbocycles. The van der Waals surface area contributed by atoms with Crippen molar-refractivity contribution < 1.29 is 9.59 Å². The molecule has 0 aliphatic heterocycles. The van der Waals surface area contributed by atoms with Crippen molar-refractivity contribution in [2.24, 2.45) is 0 Å². The number of fused-ring (bicyclic) bond motifs is 1. The number of H-pyrrole nitrogens is 1. The second kappa shape index (κ2) is 10.1. The van der Waals surface area contributed by atoms with Crippen molar-refractivity contribution in [3.63, 3.8) is 0 Å². The lowest BCUT2D eigenvalue weighted by Crippen LogP contribution is -2.41. The highest BCUT2D eigenvalue weighted by molar-refractivity contribution is 6.04. The van der Waals surface area contributed by atoms with Gasteiger partial charge in [0.1, 0.15) is 5.82 Å². The van der Waals surface area contributed by atoms with Gasteiger partial charge < -0.3 is 20.9 Å². The zero-order chi connectivity index (χ0) is 24.2. The molecule has 7 nitrogen and oxygen atoms in total. The van der Waals surface area contributed by atoms with E-state index in [-0.39, 0.29) is 17.9 Å². The molecule has 1 aromatic heterocycles. The Hall–Kier alpha value is -3.97. The SMILES string of the molecule is CNC1CCC(NC(=O)c2ccc3nc(-c4ccc(C(=O)Nc5ccccc5)cc4)[nH]c3c2)CC1. The number of hydrogen-bond acceptors (Lipinski definition) is 4. The summed E-state index contributed by atoms with van der Waals surface area (Å²) >= 11 is 0. The molecular weight excluding hydrogens is 438 g/mol. The molecule has 0 bridgehead atoms. The van der Waals surface area contributed by atoms with Gasteiger partial charge in [0.05, 0.1) is 11.0 Å². The minimum absolute atomic E-state index is 0.0512. The van der Waals surface area contributed by atoms with Gasteiger partial charge in [0.25, 0.3) is 11.8 Å². The van der Waals surface area contributed by atoms with E-state index in [4.69, 9.17) is 0 Å². The molecule has 178 valence electrons. The predicted molar refractivity (Wildman–Crippen MR) is 138 cm³/mol. The standard InChI is InChI=1S/C28H29N5O2/c1-29-21-12-14-23(15-13-21)31-28(35)20-11-16-24-25(17-20)33-26(32-24)18-7-9-19(10-8-18)27(34)30-22-5-3-2-4-6-22/h2-11,16-17,21,23,29H,12-15H2,1H3,(H,30,34)(H,31,35)(H,32,33). The number of carbonyl (C=O) groups is 2. The van der Waals surface area contributed by atoms with E-state index in [2.05, 4.69) is 25.9 Å². The van der Waals surface area contributed by atoms with Gasteiger partial charge in [-0.05, 0) is 75.2 Å². The van der Waals surface area contributed by atoms with Crippen LogP contribution in [0, 0.1) is 0 Å². The molecule has 0 saturated heterocycles. The fourth-order valence-electron chi connectivity index (χ4n) is 4.59. The lowest BCUT2D eigenvalue weighted by molar-refractivity contribution is 0.0924. The van der Waals surface area contributed by atoms with Gasteiger partial charge in [-0.1, -0.05) is 30.3 Å². The van der Waals surface area contributed by atoms with E-state index in [9.17, 15) is 9.59 Å². The van der Waals surface area contributed by atoms with Gasteiger partial charge in [0.2, 0.25) is 0 Å². The van der Waals surface area contributed by atoms with Crippen LogP contribution in [0.15, 0.2) is 72.8 Å². The van der Waals surface area contributed by atoms with Gasteiger partial charge in [0.15, 0.2) is 0 Å². The maximum Gasteiger partial charge on any atom is 0.255 e. The molecule has 0 unspecified atom stereocenters. The number of nitrogens with zero attached hydrogens (tertiary/aromatic N) is 1. The third-order valence-electron chi connectivity index (χ3n) is 6.67. The number of imidazole rings is 1. The largest absolute Gasteiger partial charge is 0.349 e. The lowest BCUT2D eigenvalue weighted by atomic mass is 9.91. The molecule has 1 aliphatic rings. The number of aromatic amines is 1. The third-order valence-corrected chi connectivity index (χ3v) is 6.67. The Balaban J connectivity index is 1.26. The van der Waals surface area contributed by atoms with E-state index in [1.807, 2.05) is 67.7 Å². The van der Waals surface area contributed by atoms with Crippen molar-refractivity contribution in [2.45, 2.75) is 37.8 Å². The summed E-state index contributed by atoms with van der Waals surface area (Å²) in [4.78, 5) is 33.3. The smallest absolute Gasteiger partial charge is 0.255 e. The van der Waals surface area contributed by atoms with E-state index in [1.54, 1.807) is 12.1 Å². The van der Waals surface area contributed by atoms with Gasteiger partial charge in [-0.25, -0.2) is 4.98 Å². The van der Waals surface area contributed by atoms with Crippen LogP contribution in [-0.4, -0.2) is 40.9 Å². The van der Waals surface area contributed by atoms with E-state index in [0.717, 1.165) is 48.0 Å². The first-order valence-electron chi connectivity index (χ1n) is 12.0. The molecular formula is C28H29N5O2. The first kappa shape index (κ1) is 22.8. The summed E-state index contributed by atoms with van der Waals surface area (Å²) in [5.41, 5.74) is 4.40. The molecule has 5 rings (SSSR count). The Bertz CT molecular complexity index is 1320. The molecule has 4 N–H and O–H groups in total. The van der Waals surface area contributed by atoms with Crippen LogP contribution in [0.4, 0.5) is 5.69 Å². The van der Waals surface area contributed by atoms with Gasteiger partial charge in [-0.3, -0.25) is 9.59 Å². The summed E-state index contributed by atoms with van der Waals surface area (Å²) < 4.78 is 0. The summed E-state index contributed by atoms with van der Waals surface area (Å²) in [6.07, 6.45) is 4.15. The minimum Gasteiger partial charge on any atom is -0.349 e. The average Bonchev–Trinajstić information content (AvgIpc) is 3.33. The number of anilines is 1. The van der Waals surface area contributed by atoms with E-state index < -0.39 is 0 Å². The van der Waals surface area contributed by atoms with Crippen molar-refractivity contribution in [3.8, 4) is 11.4 Å². The molecule has 2 amide bonds. The van der Waals surface area contributed by atoms with Crippen molar-refractivity contribution in [1.29, 1.82) is 0 Å². The normalized spacial score (nSPS) is 17.7. The molecule has 1 saturated carbocycles. The Morgan fingerprint density at radius 1 is 0.829 bits per heavy atom. The van der Waals surface area contributed by atoms with Crippen LogP contribution in [0.2, 0.25) is 0 Å². The first-order valence-corrected chi connectivity index (χ1v) is 12.0. The highest BCUT2D eigenvalue weighted by Crippen LogP contribution is 2.23. The fraction of sp³-hybridized carbons (Fsp3) is 0.250. The summed E-state index contributed by atoms with van der Waals surface area (Å²) in [6.45, 7) is 0. The monoisotopic (exact) mass is 467 g/mol. The minimum atomic E-state index is -0.164. The molecule has 7 heteroatoms. The maximum absolute atomic E-state index is 12.8. The zero-order valence-electron chi connectivity index (χ0n) is 19.7. The van der Waals surface area contributed by atoms with Gasteiger partial charge >= 0.3 is 0 Å². The van der Waals surface area contributed by atoms with Crippen LogP contribution in [0.5, 0.6) is 0 Å². The molecule has 0 radical (unpaired) electrons. The number of nitrogens with one attached hydrogen (secondary N) is 4. The molecule has 0 spiro atoms. The second-order valence-electron chi connectivity index (χ2n) is 9.03. The summed E-state index contributed by atoms with van der Waals surface area (Å²) in [6, 6.07) is 23.0. The number of aromatic nitrogens is 2. The number of amides is 2. The van der Waals surface area contributed by atoms with E-state index in [1.165, 1.54) is 0 Å². The Labute approximate surface area is 204 Å². The van der Waals surface area contributed by atoms with E-state index >= 15 is 0 Å². The number of carbonyl (C=O) groups excluding carboxylic acids is 2. The topological polar surface area (TPSA) is 98.9 Å². The highest BCUT2D eigenvalue weighted by atomic mass is 16.2. The van der Waals surface area contributed by atoms with Gasteiger partial charge in [-0.2, -0.15) is 0 Å². The lowest BCUT2D eigenvalue weighted by Gasteiger charge is -2.28. The molecule has 1 aliphatic carbocycles. The summed E-state index contributed by atoms with van der Waals surface area (Å²) in [5, 5.41) is 9.38. The quantitative estimate of drug-likeness (QED) is 0.329. The first-order chi connectivity index (χ1) is 17.1. The van der Waals surface area contributed by atoms with Crippen molar-refractivity contribution in [3.05, 3.63) is 83.9 Å². The number of para-hydroxylation sites is 1. The highest BCUT2D eigenvalue weighted by Gasteiger charge is 2.22. The summed E-state index contributed by atoms with van der Waals surface area (Å²) in [5.74, 6) is 0.477. The number of rotatable bonds is 6. The van der Waals surface area contributed by atoms with Crippen LogP contribution in [0.25, 0.3) is 22.4 Å². The molecule has 35 heavy (non-hydrogen) atoms. The Kier molecular flexibility index (Phi) is 6.59. The molecule has 1 fully saturated rings. The molecule has 4 aromatic rings. The number of hydrogen-bond donors (Lipinski definition) is 4. The van der Waals surface area contributed by atoms with Crippen molar-refractivity contribution >= 4 is 28.5 Å². The molecule has 1 heterocycles. The Morgan fingerprint density at radius 2 is 1.51 bits per heavy atom. The van der Waals surface area contributed by atoms with E-state index in [0.29, 0.717) is 23.0 Å². The van der Waals surface area contributed by atoms with Crippen LogP contribution in [0.1, 0.15) is 46.4 Å². The second-order valence-corrected chi connectivity index (χ2v) is 9.03. The average molecular weight is 468 g/mol. The predicted octanol–water partition coefficient (Wildman–Crippen LogP) is 4.74. The number of benzene rings is 3. The van der Waals surface area contributed by atoms with Crippen LogP contribution >= 0.6 is 0 Å². The van der Waals surface area contributed by atoms with Gasteiger partial charge in [-0.15, -0.1) is 0 Å². The Morgan fingerprint density at radius 3 is 2.23 bits per heavy atom. The van der Waals surface area contributed by atoms with Crippen molar-refractivity contribution in [2.75, 3.05) is 12.4 Å². The third kappa shape index (κ3) is 5.25. The van der Waals surface area contributed by atoms with Gasteiger partial charge in [0, 0.05) is 34.5 Å². The van der Waals surface area contributed by atoms with Crippen LogP contribution in [0.3, 0.4) is 0 Å². The summed E-state index contributed by atoms with van der Waals surface area (Å²) in [7, 11) is 1.99. The maximum atomic E-state index is 12.8. The molecule has 0 atom stereocenters. The van der Waals surface area contributed by atoms with Crippen molar-refractivity contribution in [1.82, 2.24) is 20.6 Å². The van der Waals surface area contributed by atoms with Crippen LogP contribution < -0.4 is 16.0 Å². The van der Waals surface area contributed by atoms with Crippen LogP contribution in [-0.2, 0) is 0 Å². The zero-order valence-corrected chi connectivity index (χ0v) is 19.7. The fourth-order valence-corrected chi connectivity index (χ4v) is 4.59.